The third-order valence-electron chi connectivity index (χ3n) is 6.35. The molecule has 0 spiro atoms. The van der Waals surface area contributed by atoms with Crippen LogP contribution in [-0.2, 0) is 18.2 Å². The number of aromatic nitrogens is 4. The molecule has 2 N–H and O–H groups in total. The van der Waals surface area contributed by atoms with Crippen LogP contribution in [0.3, 0.4) is 0 Å². The van der Waals surface area contributed by atoms with Crippen molar-refractivity contribution in [1.29, 1.82) is 0 Å². The van der Waals surface area contributed by atoms with Crippen LogP contribution in [0.2, 0.25) is 0 Å². The molecular weight excluding hydrogens is 474 g/mol. The highest BCUT2D eigenvalue weighted by Gasteiger charge is 2.23. The van der Waals surface area contributed by atoms with Crippen molar-refractivity contribution in [3.63, 3.8) is 0 Å². The molecule has 0 bridgehead atoms. The summed E-state index contributed by atoms with van der Waals surface area (Å²) in [5.74, 6) is 1.60. The van der Waals surface area contributed by atoms with Crippen LogP contribution in [0.25, 0.3) is 22.5 Å². The first-order valence-corrected chi connectivity index (χ1v) is 12.3. The number of aliphatic hydroxyl groups is 1. The predicted molar refractivity (Wildman–Crippen MR) is 138 cm³/mol. The highest BCUT2D eigenvalue weighted by Crippen LogP contribution is 2.32. The van der Waals surface area contributed by atoms with Gasteiger partial charge in [0.05, 0.1) is 42.1 Å². The molecule has 1 aliphatic rings. The molecule has 1 aromatic carbocycles. The van der Waals surface area contributed by atoms with E-state index in [2.05, 4.69) is 15.3 Å². The summed E-state index contributed by atoms with van der Waals surface area (Å²) in [6.07, 6.45) is 4.20. The maximum absolute atomic E-state index is 13.2. The lowest BCUT2D eigenvalue weighted by Gasteiger charge is -2.26. The van der Waals surface area contributed by atoms with Gasteiger partial charge < -0.3 is 28.9 Å². The lowest BCUT2D eigenvalue weighted by molar-refractivity contribution is -0.0507. The van der Waals surface area contributed by atoms with E-state index in [1.54, 1.807) is 26.1 Å². The van der Waals surface area contributed by atoms with E-state index in [9.17, 15) is 9.90 Å². The topological polar surface area (TPSA) is 125 Å². The minimum absolute atomic E-state index is 0.152. The van der Waals surface area contributed by atoms with E-state index in [0.717, 1.165) is 28.1 Å². The SMILES string of the molecule is Cc1cc(-c2nc(C(=O)Nc3cc4c(cc3OCC3COC3)nc(CCC(C)(C)O)n4C)co2)ccn1. The second kappa shape index (κ2) is 9.95. The third kappa shape index (κ3) is 5.65. The Morgan fingerprint density at radius 3 is 2.78 bits per heavy atom. The fraction of sp³-hybridized carbons (Fsp3) is 0.407. The quantitative estimate of drug-likeness (QED) is 0.351. The van der Waals surface area contributed by atoms with Crippen LogP contribution in [0, 0.1) is 12.8 Å². The monoisotopic (exact) mass is 505 g/mol. The Bertz CT molecular complexity index is 1430. The number of hydrogen-bond acceptors (Lipinski definition) is 8. The largest absolute Gasteiger partial charge is 0.491 e. The van der Waals surface area contributed by atoms with E-state index in [1.165, 1.54) is 6.26 Å². The Hall–Kier alpha value is -3.76. The fourth-order valence-electron chi connectivity index (χ4n) is 4.09. The van der Waals surface area contributed by atoms with Gasteiger partial charge in [-0.3, -0.25) is 9.78 Å². The van der Waals surface area contributed by atoms with Gasteiger partial charge in [0.1, 0.15) is 17.8 Å². The van der Waals surface area contributed by atoms with Crippen molar-refractivity contribution < 1.29 is 23.8 Å². The summed E-state index contributed by atoms with van der Waals surface area (Å²) >= 11 is 0. The number of pyridine rings is 1. The minimum atomic E-state index is -0.790. The number of oxazole rings is 1. The molecule has 10 heteroatoms. The van der Waals surface area contributed by atoms with Gasteiger partial charge in [-0.05, 0) is 45.4 Å². The number of amides is 1. The number of nitrogens with zero attached hydrogens (tertiary/aromatic N) is 4. The molecule has 10 nitrogen and oxygen atoms in total. The molecule has 0 unspecified atom stereocenters. The molecule has 3 aromatic heterocycles. The maximum Gasteiger partial charge on any atom is 0.277 e. The molecule has 1 fully saturated rings. The van der Waals surface area contributed by atoms with Crippen LogP contribution in [0.4, 0.5) is 5.69 Å². The average molecular weight is 506 g/mol. The Kier molecular flexibility index (Phi) is 6.70. The Labute approximate surface area is 214 Å². The zero-order valence-corrected chi connectivity index (χ0v) is 21.4. The van der Waals surface area contributed by atoms with E-state index >= 15 is 0 Å². The summed E-state index contributed by atoms with van der Waals surface area (Å²) in [6, 6.07) is 7.32. The molecule has 1 saturated heterocycles. The maximum atomic E-state index is 13.2. The van der Waals surface area contributed by atoms with E-state index in [4.69, 9.17) is 18.9 Å². The highest BCUT2D eigenvalue weighted by molar-refractivity contribution is 6.05. The summed E-state index contributed by atoms with van der Waals surface area (Å²) in [5.41, 5.74) is 3.04. The van der Waals surface area contributed by atoms with Gasteiger partial charge in [0.2, 0.25) is 5.89 Å². The van der Waals surface area contributed by atoms with Gasteiger partial charge in [-0.25, -0.2) is 9.97 Å². The number of rotatable bonds is 9. The predicted octanol–water partition coefficient (Wildman–Crippen LogP) is 3.91. The molecule has 0 atom stereocenters. The minimum Gasteiger partial charge on any atom is -0.491 e. The van der Waals surface area contributed by atoms with Crippen LogP contribution in [0.1, 0.15) is 42.3 Å². The van der Waals surface area contributed by atoms with Crippen LogP contribution in [-0.4, -0.2) is 56.0 Å². The molecule has 0 saturated carbocycles. The first-order valence-electron chi connectivity index (χ1n) is 12.3. The molecule has 194 valence electrons. The van der Waals surface area contributed by atoms with Crippen LogP contribution in [0.5, 0.6) is 5.75 Å². The van der Waals surface area contributed by atoms with E-state index in [-0.39, 0.29) is 5.69 Å². The van der Waals surface area contributed by atoms with Gasteiger partial charge in [-0.2, -0.15) is 0 Å². The lowest BCUT2D eigenvalue weighted by atomic mass is 10.0. The molecule has 5 rings (SSSR count). The van der Waals surface area contributed by atoms with Crippen LogP contribution in [0.15, 0.2) is 41.1 Å². The second-order valence-electron chi connectivity index (χ2n) is 10.1. The highest BCUT2D eigenvalue weighted by atomic mass is 16.5. The number of nitrogens with one attached hydrogen (secondary N) is 1. The van der Waals surface area contributed by atoms with E-state index in [1.807, 2.05) is 36.7 Å². The Morgan fingerprint density at radius 2 is 2.08 bits per heavy atom. The molecule has 4 heterocycles. The third-order valence-corrected chi connectivity index (χ3v) is 6.35. The van der Waals surface area contributed by atoms with E-state index < -0.39 is 11.5 Å². The summed E-state index contributed by atoms with van der Waals surface area (Å²) in [4.78, 5) is 26.5. The van der Waals surface area contributed by atoms with Gasteiger partial charge in [0.25, 0.3) is 5.91 Å². The number of benzene rings is 1. The molecule has 0 radical (unpaired) electrons. The van der Waals surface area contributed by atoms with Crippen molar-refractivity contribution in [3.05, 3.63) is 53.9 Å². The smallest absolute Gasteiger partial charge is 0.277 e. The fourth-order valence-corrected chi connectivity index (χ4v) is 4.09. The molecule has 37 heavy (non-hydrogen) atoms. The van der Waals surface area contributed by atoms with Gasteiger partial charge in [-0.15, -0.1) is 0 Å². The number of imidazole rings is 1. The number of aryl methyl sites for hydroxylation is 3. The van der Waals surface area contributed by atoms with E-state index in [0.29, 0.717) is 55.9 Å². The van der Waals surface area contributed by atoms with Gasteiger partial charge in [-0.1, -0.05) is 0 Å². The van der Waals surface area contributed by atoms with Crippen molar-refractivity contribution in [2.24, 2.45) is 13.0 Å². The van der Waals surface area contributed by atoms with Crippen molar-refractivity contribution in [1.82, 2.24) is 19.5 Å². The van der Waals surface area contributed by atoms with Crippen molar-refractivity contribution in [2.45, 2.75) is 39.2 Å². The van der Waals surface area contributed by atoms with Crippen molar-refractivity contribution in [2.75, 3.05) is 25.1 Å². The number of ether oxygens (including phenoxy) is 2. The summed E-state index contributed by atoms with van der Waals surface area (Å²) in [6.45, 7) is 7.23. The van der Waals surface area contributed by atoms with Crippen LogP contribution < -0.4 is 10.1 Å². The molecule has 1 amide bonds. The number of fused-ring (bicyclic) bond motifs is 1. The molecular formula is C27H31N5O5. The first kappa shape index (κ1) is 24.9. The first-order chi connectivity index (χ1) is 17.7. The van der Waals surface area contributed by atoms with Gasteiger partial charge in [0.15, 0.2) is 5.69 Å². The van der Waals surface area contributed by atoms with Gasteiger partial charge >= 0.3 is 0 Å². The number of anilines is 1. The average Bonchev–Trinajstić information content (AvgIpc) is 3.42. The number of carbonyl (C=O) groups excluding carboxylic acids is 1. The Balaban J connectivity index is 1.42. The summed E-state index contributed by atoms with van der Waals surface area (Å²) in [7, 11) is 1.92. The normalized spacial score (nSPS) is 14.1. The Morgan fingerprint density at radius 1 is 1.27 bits per heavy atom. The second-order valence-corrected chi connectivity index (χ2v) is 10.1. The zero-order chi connectivity index (χ0) is 26.2. The molecule has 4 aromatic rings. The standard InChI is InChI=1S/C27H31N5O5/c1-16-9-18(6-8-28-16)26-31-21(15-37-26)25(33)30-20-10-22-19(11-23(20)36-14-17-12-35-13-17)29-24(32(22)4)5-7-27(2,3)34/h6,8-11,15,17,34H,5,7,12-14H2,1-4H3,(H,30,33). The van der Waals surface area contributed by atoms with Gasteiger partial charge in [0, 0.05) is 42.9 Å². The van der Waals surface area contributed by atoms with Crippen molar-refractivity contribution in [3.8, 4) is 17.2 Å². The summed E-state index contributed by atoms with van der Waals surface area (Å²) < 4.78 is 18.9. The van der Waals surface area contributed by atoms with Crippen LogP contribution >= 0.6 is 0 Å². The lowest BCUT2D eigenvalue weighted by Crippen LogP contribution is -2.32. The summed E-state index contributed by atoms with van der Waals surface area (Å²) in [5, 5.41) is 13.1. The molecule has 1 aliphatic heterocycles. The van der Waals surface area contributed by atoms with Crippen molar-refractivity contribution >= 4 is 22.6 Å². The number of carbonyl (C=O) groups is 1. The number of hydrogen-bond donors (Lipinski definition) is 2. The molecule has 0 aliphatic carbocycles. The zero-order valence-electron chi connectivity index (χ0n) is 21.4.